The molecule has 0 aliphatic carbocycles. The second-order valence-electron chi connectivity index (χ2n) is 4.02. The van der Waals surface area contributed by atoms with E-state index in [9.17, 15) is 0 Å². The number of nitrogens with two attached hydrogens (primary N) is 1. The molecule has 1 fully saturated rings. The van der Waals surface area contributed by atoms with Crippen LogP contribution >= 0.6 is 23.2 Å². The lowest BCUT2D eigenvalue weighted by atomic mass is 10.0. The highest BCUT2D eigenvalue weighted by molar-refractivity contribution is 6.34. The van der Waals surface area contributed by atoms with Crippen LogP contribution in [0.1, 0.15) is 11.6 Å². The highest BCUT2D eigenvalue weighted by atomic mass is 35.5. The molecule has 0 aromatic heterocycles. The van der Waals surface area contributed by atoms with Gasteiger partial charge in [-0.1, -0.05) is 23.2 Å². The fourth-order valence-corrected chi connectivity index (χ4v) is 2.40. The zero-order valence-corrected chi connectivity index (χ0v) is 11.5. The first-order valence-electron chi connectivity index (χ1n) is 5.61. The number of hydrogen-bond donors (Lipinski definition) is 1. The van der Waals surface area contributed by atoms with Crippen LogP contribution in [0.15, 0.2) is 12.1 Å². The third-order valence-electron chi connectivity index (χ3n) is 2.87. The Morgan fingerprint density at radius 3 is 2.72 bits per heavy atom. The van der Waals surface area contributed by atoms with Gasteiger partial charge in [0, 0.05) is 11.1 Å². The topological polar surface area (TPSA) is 53.7 Å². The fourth-order valence-electron chi connectivity index (χ4n) is 1.87. The zero-order chi connectivity index (χ0) is 13.1. The molecule has 0 spiro atoms. The van der Waals surface area contributed by atoms with Gasteiger partial charge in [-0.3, -0.25) is 0 Å². The van der Waals surface area contributed by atoms with Gasteiger partial charge in [0.1, 0.15) is 11.9 Å². The van der Waals surface area contributed by atoms with Crippen LogP contribution in [0.4, 0.5) is 0 Å². The predicted octanol–water partition coefficient (Wildman–Crippen LogP) is 2.42. The van der Waals surface area contributed by atoms with Gasteiger partial charge in [-0.05, 0) is 11.6 Å². The van der Waals surface area contributed by atoms with Crippen molar-refractivity contribution in [3.05, 3.63) is 27.7 Å². The molecule has 100 valence electrons. The Kier molecular flexibility index (Phi) is 4.70. The molecular weight excluding hydrogens is 277 g/mol. The Morgan fingerprint density at radius 2 is 2.11 bits per heavy atom. The number of rotatable bonds is 3. The summed E-state index contributed by atoms with van der Waals surface area (Å²) in [6, 6.07) is 3.00. The van der Waals surface area contributed by atoms with Gasteiger partial charge in [0.05, 0.1) is 38.0 Å². The third-order valence-corrected chi connectivity index (χ3v) is 3.50. The van der Waals surface area contributed by atoms with Crippen molar-refractivity contribution < 1.29 is 14.2 Å². The highest BCUT2D eigenvalue weighted by Crippen LogP contribution is 2.34. The predicted molar refractivity (Wildman–Crippen MR) is 70.5 cm³/mol. The Morgan fingerprint density at radius 1 is 1.33 bits per heavy atom. The van der Waals surface area contributed by atoms with Crippen molar-refractivity contribution in [3.63, 3.8) is 0 Å². The molecule has 1 aliphatic heterocycles. The van der Waals surface area contributed by atoms with Crippen molar-refractivity contribution in [2.75, 3.05) is 26.9 Å². The minimum absolute atomic E-state index is 0.208. The molecule has 18 heavy (non-hydrogen) atoms. The van der Waals surface area contributed by atoms with Gasteiger partial charge in [0.25, 0.3) is 0 Å². The van der Waals surface area contributed by atoms with Crippen molar-refractivity contribution in [2.24, 2.45) is 5.73 Å². The van der Waals surface area contributed by atoms with Crippen LogP contribution in [-0.2, 0) is 9.47 Å². The molecule has 6 heteroatoms. The fraction of sp³-hybridized carbons (Fsp3) is 0.500. The molecule has 4 nitrogen and oxygen atoms in total. The largest absolute Gasteiger partial charge is 0.495 e. The zero-order valence-electron chi connectivity index (χ0n) is 9.99. The molecule has 0 saturated carbocycles. The van der Waals surface area contributed by atoms with Crippen molar-refractivity contribution in [2.45, 2.75) is 12.1 Å². The van der Waals surface area contributed by atoms with Crippen molar-refractivity contribution in [3.8, 4) is 5.75 Å². The molecule has 1 saturated heterocycles. The molecule has 2 unspecified atom stereocenters. The molecule has 1 aliphatic rings. The maximum Gasteiger partial charge on any atom is 0.138 e. The van der Waals surface area contributed by atoms with E-state index in [0.717, 1.165) is 5.56 Å². The number of ether oxygens (including phenoxy) is 3. The molecule has 0 amide bonds. The van der Waals surface area contributed by atoms with Crippen LogP contribution in [0.2, 0.25) is 10.0 Å². The molecule has 1 heterocycles. The standard InChI is InChI=1S/C12H15Cl2NO3/c1-16-10-5-8(13)7(4-9(10)14)12(15)11-6-17-2-3-18-11/h4-5,11-12H,2-3,6,15H2,1H3. The lowest BCUT2D eigenvalue weighted by molar-refractivity contribution is -0.0975. The van der Waals surface area contributed by atoms with E-state index in [2.05, 4.69) is 0 Å². The Hall–Kier alpha value is -0.520. The summed E-state index contributed by atoms with van der Waals surface area (Å²) in [6.45, 7) is 1.60. The van der Waals surface area contributed by atoms with Gasteiger partial charge < -0.3 is 19.9 Å². The van der Waals surface area contributed by atoms with E-state index in [0.29, 0.717) is 35.6 Å². The van der Waals surface area contributed by atoms with E-state index >= 15 is 0 Å². The van der Waals surface area contributed by atoms with Crippen molar-refractivity contribution >= 4 is 23.2 Å². The van der Waals surface area contributed by atoms with Crippen molar-refractivity contribution in [1.29, 1.82) is 0 Å². The molecule has 2 atom stereocenters. The smallest absolute Gasteiger partial charge is 0.138 e. The summed E-state index contributed by atoms with van der Waals surface area (Å²) < 4.78 is 16.0. The Balaban J connectivity index is 2.23. The van der Waals surface area contributed by atoms with Crippen LogP contribution in [0.3, 0.4) is 0 Å². The van der Waals surface area contributed by atoms with E-state index in [4.69, 9.17) is 43.1 Å². The molecule has 1 aromatic carbocycles. The maximum atomic E-state index is 6.18. The van der Waals surface area contributed by atoms with Crippen LogP contribution in [0.25, 0.3) is 0 Å². The van der Waals surface area contributed by atoms with Crippen LogP contribution < -0.4 is 10.5 Å². The number of methoxy groups -OCH3 is 1. The lowest BCUT2D eigenvalue weighted by Gasteiger charge is -2.28. The number of benzene rings is 1. The summed E-state index contributed by atoms with van der Waals surface area (Å²) in [7, 11) is 1.54. The summed E-state index contributed by atoms with van der Waals surface area (Å²) in [4.78, 5) is 0. The minimum atomic E-state index is -0.374. The first-order chi connectivity index (χ1) is 8.63. The first-order valence-corrected chi connectivity index (χ1v) is 6.37. The Labute approximate surface area is 116 Å². The van der Waals surface area contributed by atoms with Gasteiger partial charge in [0.2, 0.25) is 0 Å². The van der Waals surface area contributed by atoms with E-state index < -0.39 is 0 Å². The molecular formula is C12H15Cl2NO3. The molecule has 1 aromatic rings. The molecule has 2 rings (SSSR count). The highest BCUT2D eigenvalue weighted by Gasteiger charge is 2.25. The number of halogens is 2. The SMILES string of the molecule is COc1cc(Cl)c(C(N)C2COCCO2)cc1Cl. The maximum absolute atomic E-state index is 6.18. The summed E-state index contributed by atoms with van der Waals surface area (Å²) in [5.41, 5.74) is 6.88. The third kappa shape index (κ3) is 2.90. The van der Waals surface area contributed by atoms with Gasteiger partial charge in [-0.15, -0.1) is 0 Å². The second-order valence-corrected chi connectivity index (χ2v) is 4.83. The lowest BCUT2D eigenvalue weighted by Crippen LogP contribution is -2.37. The summed E-state index contributed by atoms with van der Waals surface area (Å²) in [5.74, 6) is 0.526. The molecule has 2 N–H and O–H groups in total. The molecule has 0 bridgehead atoms. The van der Waals surface area contributed by atoms with Gasteiger partial charge in [-0.25, -0.2) is 0 Å². The van der Waals surface area contributed by atoms with E-state index in [1.165, 1.54) is 7.11 Å². The van der Waals surface area contributed by atoms with Crippen LogP contribution in [0.5, 0.6) is 5.75 Å². The Bertz CT molecular complexity index is 422. The van der Waals surface area contributed by atoms with Gasteiger partial charge >= 0.3 is 0 Å². The second kappa shape index (κ2) is 6.08. The first kappa shape index (κ1) is 13.9. The van der Waals surface area contributed by atoms with Gasteiger partial charge in [0.15, 0.2) is 0 Å². The minimum Gasteiger partial charge on any atom is -0.495 e. The van der Waals surface area contributed by atoms with Crippen LogP contribution in [0, 0.1) is 0 Å². The summed E-state index contributed by atoms with van der Waals surface area (Å²) in [5, 5.41) is 0.988. The van der Waals surface area contributed by atoms with E-state index in [1.807, 2.05) is 0 Å². The van der Waals surface area contributed by atoms with E-state index in [-0.39, 0.29) is 12.1 Å². The quantitative estimate of drug-likeness (QED) is 0.929. The monoisotopic (exact) mass is 291 g/mol. The molecule has 0 radical (unpaired) electrons. The van der Waals surface area contributed by atoms with Crippen molar-refractivity contribution in [1.82, 2.24) is 0 Å². The number of hydrogen-bond acceptors (Lipinski definition) is 4. The summed E-state index contributed by atoms with van der Waals surface area (Å²) >= 11 is 12.3. The normalized spacial score (nSPS) is 21.7. The average molecular weight is 292 g/mol. The van der Waals surface area contributed by atoms with E-state index in [1.54, 1.807) is 12.1 Å². The van der Waals surface area contributed by atoms with Gasteiger partial charge in [-0.2, -0.15) is 0 Å². The average Bonchev–Trinajstić information content (AvgIpc) is 2.41. The summed E-state index contributed by atoms with van der Waals surface area (Å²) in [6.07, 6.45) is -0.208. The van der Waals surface area contributed by atoms with Crippen LogP contribution in [-0.4, -0.2) is 33.0 Å².